The minimum Gasteiger partial charge on any atom is -0.309 e. The number of pyridine rings is 1. The number of nitrogens with one attached hydrogen (secondary N) is 1. The van der Waals surface area contributed by atoms with Gasteiger partial charge in [-0.2, -0.15) is 28.5 Å². The van der Waals surface area contributed by atoms with Crippen molar-refractivity contribution in [1.82, 2.24) is 34.3 Å². The van der Waals surface area contributed by atoms with Crippen molar-refractivity contribution in [3.05, 3.63) is 77.7 Å². The standard InChI is InChI=1S/C29H26F3N9O/c1-18-23(26-34-17-35-41(26)22-11-9-19(15-33)10-12-22)16-40-27(25(18)20-6-4-7-21(14-20)29(30,31)32)37-28(38-40)36-24(42)8-5-13-39(2)3/h4,6-7,9-12,14,16-17H,5,8,13H2,1-3H3,(H,36,38,42). The normalized spacial score (nSPS) is 11.7. The number of rotatable bonds is 8. The summed E-state index contributed by atoms with van der Waals surface area (Å²) >= 11 is 0. The molecule has 0 atom stereocenters. The van der Waals surface area contributed by atoms with Gasteiger partial charge in [-0.25, -0.2) is 14.2 Å². The average Bonchev–Trinajstić information content (AvgIpc) is 3.59. The first-order chi connectivity index (χ1) is 20.0. The highest BCUT2D eigenvalue weighted by molar-refractivity contribution is 5.91. The predicted octanol–water partition coefficient (Wildman–Crippen LogP) is 5.12. The number of amides is 1. The second-order valence-electron chi connectivity index (χ2n) is 9.93. The van der Waals surface area contributed by atoms with Crippen LogP contribution in [0.2, 0.25) is 0 Å². The summed E-state index contributed by atoms with van der Waals surface area (Å²) in [7, 11) is 3.83. The number of hydrogen-bond acceptors (Lipinski definition) is 7. The van der Waals surface area contributed by atoms with Gasteiger partial charge in [0, 0.05) is 23.7 Å². The Balaban J connectivity index is 1.65. The summed E-state index contributed by atoms with van der Waals surface area (Å²) < 4.78 is 44.0. The summed E-state index contributed by atoms with van der Waals surface area (Å²) in [5, 5.41) is 20.6. The van der Waals surface area contributed by atoms with E-state index in [1.807, 2.05) is 19.0 Å². The van der Waals surface area contributed by atoms with Crippen LogP contribution in [0.15, 0.2) is 61.1 Å². The summed E-state index contributed by atoms with van der Waals surface area (Å²) in [6, 6.07) is 13.8. The molecule has 0 unspecified atom stereocenters. The number of aromatic nitrogens is 6. The summed E-state index contributed by atoms with van der Waals surface area (Å²) in [5.41, 5.74) is 2.35. The van der Waals surface area contributed by atoms with Crippen molar-refractivity contribution >= 4 is 17.5 Å². The molecule has 0 radical (unpaired) electrons. The van der Waals surface area contributed by atoms with E-state index in [4.69, 9.17) is 5.26 Å². The molecule has 1 N–H and O–H groups in total. The Morgan fingerprint density at radius 3 is 2.60 bits per heavy atom. The molecule has 0 saturated carbocycles. The smallest absolute Gasteiger partial charge is 0.309 e. The molecule has 1 amide bonds. The van der Waals surface area contributed by atoms with Gasteiger partial charge in [0.1, 0.15) is 6.33 Å². The molecule has 0 saturated heterocycles. The number of fused-ring (bicyclic) bond motifs is 1. The Kier molecular flexibility index (Phi) is 7.73. The van der Waals surface area contributed by atoms with Crippen molar-refractivity contribution in [2.75, 3.05) is 26.0 Å². The Morgan fingerprint density at radius 1 is 1.14 bits per heavy atom. The van der Waals surface area contributed by atoms with Crippen LogP contribution in [-0.2, 0) is 11.0 Å². The summed E-state index contributed by atoms with van der Waals surface area (Å²) in [6.07, 6.45) is -0.641. The van der Waals surface area contributed by atoms with E-state index in [9.17, 15) is 18.0 Å². The second kappa shape index (κ2) is 11.4. The van der Waals surface area contributed by atoms with E-state index in [0.717, 1.165) is 18.7 Å². The van der Waals surface area contributed by atoms with Crippen LogP contribution in [0.4, 0.5) is 19.1 Å². The third kappa shape index (κ3) is 5.84. The third-order valence-corrected chi connectivity index (χ3v) is 6.65. The number of anilines is 1. The number of halogens is 3. The fourth-order valence-electron chi connectivity index (χ4n) is 4.61. The van der Waals surface area contributed by atoms with E-state index < -0.39 is 11.7 Å². The lowest BCUT2D eigenvalue weighted by molar-refractivity contribution is -0.137. The van der Waals surface area contributed by atoms with Crippen LogP contribution in [0.5, 0.6) is 0 Å². The van der Waals surface area contributed by atoms with E-state index in [2.05, 4.69) is 31.6 Å². The maximum absolute atomic E-state index is 13.7. The zero-order valence-electron chi connectivity index (χ0n) is 23.0. The molecule has 5 rings (SSSR count). The first-order valence-electron chi connectivity index (χ1n) is 13.0. The zero-order valence-corrected chi connectivity index (χ0v) is 23.0. The summed E-state index contributed by atoms with van der Waals surface area (Å²) in [4.78, 5) is 23.5. The minimum atomic E-state index is -4.55. The molecule has 0 spiro atoms. The lowest BCUT2D eigenvalue weighted by atomic mass is 9.96. The Hall–Kier alpha value is -5.09. The van der Waals surface area contributed by atoms with Crippen molar-refractivity contribution in [3.63, 3.8) is 0 Å². The number of carbonyl (C=O) groups is 1. The van der Waals surface area contributed by atoms with Gasteiger partial charge >= 0.3 is 6.18 Å². The van der Waals surface area contributed by atoms with Crippen LogP contribution in [0.25, 0.3) is 33.8 Å². The number of alkyl halides is 3. The van der Waals surface area contributed by atoms with Gasteiger partial charge in [0.05, 0.1) is 22.9 Å². The van der Waals surface area contributed by atoms with Gasteiger partial charge in [-0.3, -0.25) is 10.1 Å². The molecule has 3 heterocycles. The Morgan fingerprint density at radius 2 is 1.90 bits per heavy atom. The van der Waals surface area contributed by atoms with Crippen molar-refractivity contribution < 1.29 is 18.0 Å². The lowest BCUT2D eigenvalue weighted by Crippen LogP contribution is -2.17. The van der Waals surface area contributed by atoms with Crippen molar-refractivity contribution in [2.24, 2.45) is 0 Å². The molecule has 3 aromatic heterocycles. The molecule has 214 valence electrons. The quantitative estimate of drug-likeness (QED) is 0.274. The van der Waals surface area contributed by atoms with E-state index >= 15 is 0 Å². The largest absolute Gasteiger partial charge is 0.416 e. The van der Waals surface area contributed by atoms with Crippen LogP contribution in [0, 0.1) is 18.3 Å². The van der Waals surface area contributed by atoms with E-state index in [1.165, 1.54) is 16.9 Å². The SMILES string of the molecule is Cc1c(-c2ncnn2-c2ccc(C#N)cc2)cn2nc(NC(=O)CCCN(C)C)nc2c1-c1cccc(C(F)(F)F)c1. The number of nitrogens with zero attached hydrogens (tertiary/aromatic N) is 8. The number of benzene rings is 2. The van der Waals surface area contributed by atoms with Crippen LogP contribution in [0.3, 0.4) is 0 Å². The molecule has 0 aliphatic heterocycles. The molecule has 42 heavy (non-hydrogen) atoms. The molecule has 13 heteroatoms. The highest BCUT2D eigenvalue weighted by Gasteiger charge is 2.31. The average molecular weight is 574 g/mol. The minimum absolute atomic E-state index is 0.0307. The fourth-order valence-corrected chi connectivity index (χ4v) is 4.61. The third-order valence-electron chi connectivity index (χ3n) is 6.65. The van der Waals surface area contributed by atoms with Gasteiger partial charge in [0.15, 0.2) is 11.5 Å². The maximum atomic E-state index is 13.7. The van der Waals surface area contributed by atoms with Gasteiger partial charge < -0.3 is 4.90 Å². The number of carbonyl (C=O) groups excluding carboxylic acids is 1. The molecular weight excluding hydrogens is 547 g/mol. The van der Waals surface area contributed by atoms with Gasteiger partial charge in [-0.1, -0.05) is 12.1 Å². The topological polar surface area (TPSA) is 117 Å². The first-order valence-corrected chi connectivity index (χ1v) is 13.0. The van der Waals surface area contributed by atoms with Gasteiger partial charge in [-0.15, -0.1) is 5.10 Å². The molecule has 0 bridgehead atoms. The van der Waals surface area contributed by atoms with E-state index in [0.29, 0.717) is 40.2 Å². The van der Waals surface area contributed by atoms with Crippen LogP contribution in [0.1, 0.15) is 29.5 Å². The first kappa shape index (κ1) is 28.4. The van der Waals surface area contributed by atoms with Crippen LogP contribution < -0.4 is 5.32 Å². The molecule has 2 aromatic carbocycles. The van der Waals surface area contributed by atoms with Crippen molar-refractivity contribution in [3.8, 4) is 34.3 Å². The van der Waals surface area contributed by atoms with Crippen molar-refractivity contribution in [2.45, 2.75) is 25.9 Å². The summed E-state index contributed by atoms with van der Waals surface area (Å²) in [5.74, 6) is 0.158. The lowest BCUT2D eigenvalue weighted by Gasteiger charge is -2.15. The van der Waals surface area contributed by atoms with Crippen molar-refractivity contribution in [1.29, 1.82) is 5.26 Å². The van der Waals surface area contributed by atoms with Gasteiger partial charge in [-0.05, 0) is 81.5 Å². The van der Waals surface area contributed by atoms with E-state index in [-0.39, 0.29) is 29.5 Å². The van der Waals surface area contributed by atoms with E-state index in [1.54, 1.807) is 48.1 Å². The predicted molar refractivity (Wildman–Crippen MR) is 150 cm³/mol. The monoisotopic (exact) mass is 573 g/mol. The molecule has 10 nitrogen and oxygen atoms in total. The molecule has 0 aliphatic carbocycles. The van der Waals surface area contributed by atoms with Gasteiger partial charge in [0.2, 0.25) is 11.9 Å². The molecule has 0 aliphatic rings. The molecule has 0 fully saturated rings. The fraction of sp³-hybridized carbons (Fsp3) is 0.241. The second-order valence-corrected chi connectivity index (χ2v) is 9.93. The number of hydrogen-bond donors (Lipinski definition) is 1. The summed E-state index contributed by atoms with van der Waals surface area (Å²) in [6.45, 7) is 2.49. The van der Waals surface area contributed by atoms with Gasteiger partial charge in [0.25, 0.3) is 0 Å². The molecule has 5 aromatic rings. The highest BCUT2D eigenvalue weighted by Crippen LogP contribution is 2.38. The number of nitriles is 1. The van der Waals surface area contributed by atoms with Crippen LogP contribution >= 0.6 is 0 Å². The van der Waals surface area contributed by atoms with Crippen LogP contribution in [-0.4, -0.2) is 60.8 Å². The maximum Gasteiger partial charge on any atom is 0.416 e. The molecular formula is C29H26F3N9O. The Bertz CT molecular complexity index is 1800. The Labute approximate surface area is 239 Å². The highest BCUT2D eigenvalue weighted by atomic mass is 19.4. The zero-order chi connectivity index (χ0) is 30.0.